The first-order chi connectivity index (χ1) is 18.7. The lowest BCUT2D eigenvalue weighted by molar-refractivity contribution is 0.134. The largest absolute Gasteiger partial charge is 0.473 e. The Balaban J connectivity index is 1.74. The second kappa shape index (κ2) is 10.7. The average molecular weight is 536 g/mol. The van der Waals surface area contributed by atoms with E-state index in [0.717, 1.165) is 34.8 Å². The predicted octanol–water partition coefficient (Wildman–Crippen LogP) is 3.15. The molecule has 2 N–H and O–H groups in total. The number of aromatic nitrogens is 7. The predicted molar refractivity (Wildman–Crippen MR) is 149 cm³/mol. The van der Waals surface area contributed by atoms with Crippen LogP contribution in [-0.4, -0.2) is 71.2 Å². The summed E-state index contributed by atoms with van der Waals surface area (Å²) in [5.41, 5.74) is 11.9. The highest BCUT2D eigenvalue weighted by Gasteiger charge is 2.26. The number of hydrogen-bond donors (Lipinski definition) is 1. The molecule has 4 aromatic heterocycles. The van der Waals surface area contributed by atoms with E-state index in [1.807, 2.05) is 55.4 Å². The lowest BCUT2D eigenvalue weighted by Gasteiger charge is -2.25. The molecule has 1 atom stereocenters. The fourth-order valence-electron chi connectivity index (χ4n) is 4.96. The second-order valence-corrected chi connectivity index (χ2v) is 10.1. The van der Waals surface area contributed by atoms with Crippen LogP contribution in [0.3, 0.4) is 0 Å². The van der Waals surface area contributed by atoms with E-state index in [2.05, 4.69) is 23.7 Å². The molecule has 0 fully saturated rings. The van der Waals surface area contributed by atoms with Gasteiger partial charge in [0.25, 0.3) is 0 Å². The Morgan fingerprint density at radius 2 is 1.97 bits per heavy atom. The van der Waals surface area contributed by atoms with Gasteiger partial charge in [-0.2, -0.15) is 5.10 Å². The smallest absolute Gasteiger partial charge is 0.240 e. The first kappa shape index (κ1) is 26.7. The van der Waals surface area contributed by atoms with Crippen molar-refractivity contribution in [3.63, 3.8) is 0 Å². The zero-order chi connectivity index (χ0) is 27.8. The summed E-state index contributed by atoms with van der Waals surface area (Å²) in [6.45, 7) is 10.7. The standard InChI is InChI=1S/C27H37N9O3/c1-8-35-12-17(4)39-27-23(21(15-37-7)31-34(27)6)20-13-36-18(11-29-25(36)24(28)30-20)9-10-19-22(14-35)33(5)32-26(19)38-16(2)3/h9-11,13,16-17H,8,12,14-15H2,1-7H3,(H2,28,30)/b10-9+. The highest BCUT2D eigenvalue weighted by atomic mass is 16.5. The summed E-state index contributed by atoms with van der Waals surface area (Å²) in [6, 6.07) is 0. The van der Waals surface area contributed by atoms with E-state index in [0.29, 0.717) is 48.6 Å². The van der Waals surface area contributed by atoms with Crippen molar-refractivity contribution in [2.75, 3.05) is 25.9 Å². The van der Waals surface area contributed by atoms with Crippen molar-refractivity contribution in [2.45, 2.75) is 53.1 Å². The molecule has 0 aliphatic carbocycles. The maximum absolute atomic E-state index is 6.56. The molecule has 5 rings (SSSR count). The fraction of sp³-hybridized carbons (Fsp3) is 0.481. The van der Waals surface area contributed by atoms with Crippen molar-refractivity contribution < 1.29 is 14.2 Å². The van der Waals surface area contributed by atoms with Gasteiger partial charge in [0.1, 0.15) is 11.8 Å². The van der Waals surface area contributed by atoms with E-state index in [1.54, 1.807) is 18.0 Å². The molecule has 5 heterocycles. The molecule has 0 saturated carbocycles. The van der Waals surface area contributed by atoms with Crippen LogP contribution in [0.25, 0.3) is 29.1 Å². The summed E-state index contributed by atoms with van der Waals surface area (Å²) in [4.78, 5) is 11.6. The van der Waals surface area contributed by atoms with Gasteiger partial charge in [-0.25, -0.2) is 14.6 Å². The molecule has 2 bridgehead atoms. The summed E-state index contributed by atoms with van der Waals surface area (Å²) in [6.07, 6.45) is 7.58. The molecule has 1 unspecified atom stereocenters. The van der Waals surface area contributed by atoms with E-state index < -0.39 is 0 Å². The quantitative estimate of drug-likeness (QED) is 0.410. The van der Waals surface area contributed by atoms with Crippen LogP contribution in [0.1, 0.15) is 50.3 Å². The molecular weight excluding hydrogens is 498 g/mol. The van der Waals surface area contributed by atoms with Gasteiger partial charge in [-0.05, 0) is 39.5 Å². The summed E-state index contributed by atoms with van der Waals surface area (Å²) in [5, 5.41) is 9.40. The van der Waals surface area contributed by atoms with Crippen LogP contribution in [0.15, 0.2) is 12.4 Å². The fourth-order valence-corrected chi connectivity index (χ4v) is 4.96. The third kappa shape index (κ3) is 5.09. The monoisotopic (exact) mass is 535 g/mol. The van der Waals surface area contributed by atoms with Crippen molar-refractivity contribution in [1.29, 1.82) is 0 Å². The summed E-state index contributed by atoms with van der Waals surface area (Å²) in [5.74, 6) is 1.52. The second-order valence-electron chi connectivity index (χ2n) is 10.1. The molecule has 1 aliphatic rings. The maximum atomic E-state index is 6.56. The van der Waals surface area contributed by atoms with Crippen LogP contribution < -0.4 is 15.2 Å². The van der Waals surface area contributed by atoms with Crippen LogP contribution in [0.5, 0.6) is 11.8 Å². The minimum absolute atomic E-state index is 0.0117. The SMILES string of the molecule is CCN1Cc2c(c(OC(C)C)nn2C)/C=C/c2cnc3c(N)nc(cn23)-c2c(COC)nn(C)c2OC(C)C1. The Bertz CT molecular complexity index is 1510. The molecule has 0 spiro atoms. The first-order valence-electron chi connectivity index (χ1n) is 13.2. The van der Waals surface area contributed by atoms with Crippen molar-refractivity contribution in [3.05, 3.63) is 35.0 Å². The van der Waals surface area contributed by atoms with Crippen molar-refractivity contribution in [3.8, 4) is 23.0 Å². The van der Waals surface area contributed by atoms with Crippen molar-refractivity contribution in [2.24, 2.45) is 14.1 Å². The Hall–Kier alpha value is -3.90. The maximum Gasteiger partial charge on any atom is 0.240 e. The Morgan fingerprint density at radius 1 is 1.18 bits per heavy atom. The third-order valence-corrected chi connectivity index (χ3v) is 6.74. The molecule has 0 amide bonds. The van der Waals surface area contributed by atoms with E-state index in [-0.39, 0.29) is 12.2 Å². The lowest BCUT2D eigenvalue weighted by Crippen LogP contribution is -2.34. The number of nitrogens with two attached hydrogens (primary N) is 1. The van der Waals surface area contributed by atoms with Crippen LogP contribution in [0.2, 0.25) is 0 Å². The number of nitrogen functional groups attached to an aromatic ring is 1. The normalized spacial score (nSPS) is 17.1. The van der Waals surface area contributed by atoms with Crippen LogP contribution in [0, 0.1) is 0 Å². The summed E-state index contributed by atoms with van der Waals surface area (Å²) < 4.78 is 23.7. The Morgan fingerprint density at radius 3 is 2.69 bits per heavy atom. The topological polar surface area (TPSA) is 123 Å². The number of methoxy groups -OCH3 is 1. The molecule has 0 aromatic carbocycles. The van der Waals surface area contributed by atoms with E-state index in [4.69, 9.17) is 35.1 Å². The minimum atomic E-state index is -0.150. The first-order valence-corrected chi connectivity index (χ1v) is 13.2. The van der Waals surface area contributed by atoms with Crippen LogP contribution >= 0.6 is 0 Å². The molecule has 4 aromatic rings. The molecular formula is C27H37N9O3. The summed E-state index contributed by atoms with van der Waals surface area (Å²) >= 11 is 0. The average Bonchev–Trinajstić information content (AvgIpc) is 3.51. The molecule has 0 saturated heterocycles. The van der Waals surface area contributed by atoms with Gasteiger partial charge in [0.15, 0.2) is 11.5 Å². The number of rotatable bonds is 5. The molecule has 1 aliphatic heterocycles. The summed E-state index contributed by atoms with van der Waals surface area (Å²) in [7, 11) is 5.46. The number of nitrogens with zero attached hydrogens (tertiary/aromatic N) is 8. The molecule has 12 heteroatoms. The van der Waals surface area contributed by atoms with Crippen molar-refractivity contribution in [1.82, 2.24) is 38.8 Å². The van der Waals surface area contributed by atoms with Gasteiger partial charge in [-0.15, -0.1) is 5.10 Å². The van der Waals surface area contributed by atoms with Gasteiger partial charge in [-0.1, -0.05) is 6.92 Å². The highest BCUT2D eigenvalue weighted by molar-refractivity contribution is 5.77. The number of anilines is 1. The van der Waals surface area contributed by atoms with Crippen LogP contribution in [-0.2, 0) is 32.0 Å². The Labute approximate surface area is 228 Å². The number of hydrogen-bond acceptors (Lipinski definition) is 9. The van der Waals surface area contributed by atoms with E-state index in [1.165, 1.54) is 0 Å². The molecule has 12 nitrogen and oxygen atoms in total. The van der Waals surface area contributed by atoms with Gasteiger partial charge in [0.05, 0.1) is 47.1 Å². The van der Waals surface area contributed by atoms with Crippen LogP contribution in [0.4, 0.5) is 5.82 Å². The zero-order valence-corrected chi connectivity index (χ0v) is 23.7. The number of aryl methyl sites for hydroxylation is 2. The number of likely N-dealkylation sites (N-methyl/N-ethyl adjacent to an activating group) is 1. The minimum Gasteiger partial charge on any atom is -0.473 e. The van der Waals surface area contributed by atoms with Gasteiger partial charge in [-0.3, -0.25) is 14.0 Å². The lowest BCUT2D eigenvalue weighted by atomic mass is 10.1. The van der Waals surface area contributed by atoms with Gasteiger partial charge in [0.2, 0.25) is 11.8 Å². The zero-order valence-electron chi connectivity index (χ0n) is 23.7. The highest BCUT2D eigenvalue weighted by Crippen LogP contribution is 2.35. The van der Waals surface area contributed by atoms with Gasteiger partial charge < -0.3 is 19.9 Å². The number of ether oxygens (including phenoxy) is 3. The van der Waals surface area contributed by atoms with E-state index >= 15 is 0 Å². The molecule has 39 heavy (non-hydrogen) atoms. The van der Waals surface area contributed by atoms with Crippen molar-refractivity contribution >= 4 is 23.6 Å². The third-order valence-electron chi connectivity index (χ3n) is 6.74. The molecule has 208 valence electrons. The molecule has 0 radical (unpaired) electrons. The van der Waals surface area contributed by atoms with Gasteiger partial charge >= 0.3 is 0 Å². The Kier molecular flexibility index (Phi) is 7.32. The number of imidazole rings is 1. The van der Waals surface area contributed by atoms with Gasteiger partial charge in [0, 0.05) is 40.5 Å². The number of fused-ring (bicyclic) bond motifs is 4. The van der Waals surface area contributed by atoms with E-state index in [9.17, 15) is 0 Å².